The van der Waals surface area contributed by atoms with Crippen molar-refractivity contribution in [2.45, 2.75) is 32.0 Å². The van der Waals surface area contributed by atoms with Gasteiger partial charge in [-0.15, -0.1) is 16.1 Å². The van der Waals surface area contributed by atoms with Gasteiger partial charge in [-0.2, -0.15) is 0 Å². The maximum absolute atomic E-state index is 10.9. The van der Waals surface area contributed by atoms with Crippen LogP contribution in [0.5, 0.6) is 0 Å². The highest BCUT2D eigenvalue weighted by Crippen LogP contribution is 2.28. The molecule has 0 radical (unpaired) electrons. The number of halogens is 1. The summed E-state index contributed by atoms with van der Waals surface area (Å²) in [6.07, 6.45) is 3.03. The predicted octanol–water partition coefficient (Wildman–Crippen LogP) is 2.49. The van der Waals surface area contributed by atoms with Crippen molar-refractivity contribution in [1.29, 1.82) is 0 Å². The lowest BCUT2D eigenvalue weighted by molar-refractivity contribution is 0.232. The van der Waals surface area contributed by atoms with Gasteiger partial charge in [0.2, 0.25) is 0 Å². The molecule has 3 nitrogen and oxygen atoms in total. The second-order valence-electron chi connectivity index (χ2n) is 2.46. The number of hydrogen-bond acceptors (Lipinski definition) is 3. The molecule has 0 spiro atoms. The van der Waals surface area contributed by atoms with E-state index in [1.54, 1.807) is 0 Å². The van der Waals surface area contributed by atoms with E-state index in [0.29, 0.717) is 6.61 Å². The van der Waals surface area contributed by atoms with Crippen molar-refractivity contribution < 1.29 is 14.2 Å². The van der Waals surface area contributed by atoms with Gasteiger partial charge in [-0.3, -0.25) is 0 Å². The first-order chi connectivity index (χ1) is 5.72. The minimum Gasteiger partial charge on any atom is -0.348 e. The fourth-order valence-electron chi connectivity index (χ4n) is 0.649. The van der Waals surface area contributed by atoms with E-state index in [9.17, 15) is 4.57 Å². The molecule has 0 aromatic carbocycles. The van der Waals surface area contributed by atoms with E-state index in [4.69, 9.17) is 21.2 Å². The maximum Gasteiger partial charge on any atom is 0.541 e. The quantitative estimate of drug-likeness (QED) is 0.402. The second-order valence-corrected chi connectivity index (χ2v) is 4.19. The molecule has 0 aliphatic rings. The van der Waals surface area contributed by atoms with Crippen LogP contribution in [0.25, 0.3) is 0 Å². The smallest absolute Gasteiger partial charge is 0.348 e. The van der Waals surface area contributed by atoms with Crippen LogP contribution < -0.4 is 0 Å². The molecule has 0 aromatic heterocycles. The third kappa shape index (κ3) is 5.90. The van der Waals surface area contributed by atoms with E-state index in [0.717, 1.165) is 19.3 Å². The Hall–Kier alpha value is 0.310. The zero-order valence-electron chi connectivity index (χ0n) is 7.20. The number of unbranched alkanes of at least 4 members (excludes halogenated alkanes) is 2. The van der Waals surface area contributed by atoms with Gasteiger partial charge in [-0.25, -0.2) is 0 Å². The Morgan fingerprint density at radius 1 is 1.58 bits per heavy atom. The first-order valence-corrected chi connectivity index (χ1v) is 5.83. The Labute approximate surface area is 78.9 Å². The summed E-state index contributed by atoms with van der Waals surface area (Å²) in [5.74, 6) is -1.06. The van der Waals surface area contributed by atoms with Crippen molar-refractivity contribution in [3.63, 3.8) is 0 Å². The van der Waals surface area contributed by atoms with Crippen LogP contribution in [0.1, 0.15) is 26.2 Å². The highest BCUT2D eigenvalue weighted by Gasteiger charge is 2.28. The van der Waals surface area contributed by atoms with Gasteiger partial charge in [-0.1, -0.05) is 19.8 Å². The molecule has 0 fully saturated rings. The zero-order valence-corrected chi connectivity index (χ0v) is 8.85. The van der Waals surface area contributed by atoms with Crippen LogP contribution in [0, 0.1) is 0 Å². The molecular formula is C7H15ClO3P+. The Balaban J connectivity index is 3.31. The molecule has 5 heteroatoms. The predicted molar refractivity (Wildman–Crippen MR) is 49.8 cm³/mol. The lowest BCUT2D eigenvalue weighted by Crippen LogP contribution is -2.03. The van der Waals surface area contributed by atoms with Gasteiger partial charge in [0.25, 0.3) is 5.85 Å². The molecule has 0 rings (SSSR count). The van der Waals surface area contributed by atoms with E-state index in [-0.39, 0.29) is 5.88 Å². The van der Waals surface area contributed by atoms with Crippen LogP contribution >= 0.6 is 19.6 Å². The molecule has 2 unspecified atom stereocenters. The minimum absolute atomic E-state index is 0.0387. The molecule has 0 aromatic rings. The SMILES string of the molecule is CCCCCO[P+](=O)C(O)CCl. The fraction of sp³-hybridized carbons (Fsp3) is 1.00. The summed E-state index contributed by atoms with van der Waals surface area (Å²) in [5.41, 5.74) is 0. The van der Waals surface area contributed by atoms with Gasteiger partial charge in [0.15, 0.2) is 0 Å². The summed E-state index contributed by atoms with van der Waals surface area (Å²) >= 11 is 5.27. The molecule has 1 N–H and O–H groups in total. The fourth-order valence-corrected chi connectivity index (χ4v) is 1.58. The second kappa shape index (κ2) is 7.93. The average Bonchev–Trinajstić information content (AvgIpc) is 2.10. The Morgan fingerprint density at radius 2 is 2.25 bits per heavy atom. The summed E-state index contributed by atoms with van der Waals surface area (Å²) in [7, 11) is -1.98. The molecule has 0 saturated carbocycles. The molecule has 0 heterocycles. The summed E-state index contributed by atoms with van der Waals surface area (Å²) in [6, 6.07) is 0. The summed E-state index contributed by atoms with van der Waals surface area (Å²) < 4.78 is 15.8. The molecule has 0 saturated heterocycles. The van der Waals surface area contributed by atoms with Crippen LogP contribution in [0.15, 0.2) is 0 Å². The van der Waals surface area contributed by atoms with Gasteiger partial charge >= 0.3 is 8.03 Å². The standard InChI is InChI=1S/C7H15ClO3P/c1-2-3-4-5-11-12(10)7(9)6-8/h7,9H,2-6H2,1H3/q+1. The van der Waals surface area contributed by atoms with E-state index in [1.807, 2.05) is 0 Å². The van der Waals surface area contributed by atoms with Crippen LogP contribution in [0.2, 0.25) is 0 Å². The molecule has 2 atom stereocenters. The van der Waals surface area contributed by atoms with E-state index in [1.165, 1.54) is 0 Å². The van der Waals surface area contributed by atoms with E-state index >= 15 is 0 Å². The highest BCUT2D eigenvalue weighted by molar-refractivity contribution is 7.39. The maximum atomic E-state index is 10.9. The largest absolute Gasteiger partial charge is 0.541 e. The van der Waals surface area contributed by atoms with Crippen molar-refractivity contribution in [1.82, 2.24) is 0 Å². The normalized spacial score (nSPS) is 14.4. The summed E-state index contributed by atoms with van der Waals surface area (Å²) in [5, 5.41) is 8.94. The zero-order chi connectivity index (χ0) is 9.40. The van der Waals surface area contributed by atoms with Crippen LogP contribution in [-0.4, -0.2) is 23.4 Å². The number of alkyl halides is 1. The average molecular weight is 214 g/mol. The van der Waals surface area contributed by atoms with Crippen molar-refractivity contribution in [2.75, 3.05) is 12.5 Å². The van der Waals surface area contributed by atoms with Gasteiger partial charge in [0.05, 0.1) is 5.88 Å². The topological polar surface area (TPSA) is 46.5 Å². The summed E-state index contributed by atoms with van der Waals surface area (Å²) in [4.78, 5) is 0. The van der Waals surface area contributed by atoms with Gasteiger partial charge in [0.1, 0.15) is 6.61 Å². The highest BCUT2D eigenvalue weighted by atomic mass is 35.5. The molecule has 0 bridgehead atoms. The monoisotopic (exact) mass is 213 g/mol. The molecule has 12 heavy (non-hydrogen) atoms. The Morgan fingerprint density at radius 3 is 2.75 bits per heavy atom. The van der Waals surface area contributed by atoms with Crippen molar-refractivity contribution >= 4 is 19.6 Å². The first kappa shape index (κ1) is 12.3. The molecule has 0 aliphatic carbocycles. The number of aliphatic hydroxyl groups excluding tert-OH is 1. The lowest BCUT2D eigenvalue weighted by Gasteiger charge is -1.94. The Bertz CT molecular complexity index is 132. The van der Waals surface area contributed by atoms with Crippen molar-refractivity contribution in [3.8, 4) is 0 Å². The van der Waals surface area contributed by atoms with Crippen molar-refractivity contribution in [3.05, 3.63) is 0 Å². The van der Waals surface area contributed by atoms with Crippen molar-refractivity contribution in [2.24, 2.45) is 0 Å². The number of rotatable bonds is 7. The third-order valence-electron chi connectivity index (χ3n) is 1.35. The minimum atomic E-state index is -1.98. The van der Waals surface area contributed by atoms with Gasteiger partial charge < -0.3 is 5.11 Å². The van der Waals surface area contributed by atoms with Gasteiger partial charge in [0, 0.05) is 0 Å². The molecule has 0 aliphatic heterocycles. The molecule has 72 valence electrons. The summed E-state index contributed by atoms with van der Waals surface area (Å²) in [6.45, 7) is 2.52. The third-order valence-corrected chi connectivity index (χ3v) is 2.96. The van der Waals surface area contributed by atoms with Crippen LogP contribution in [0.4, 0.5) is 0 Å². The van der Waals surface area contributed by atoms with Crippen LogP contribution in [-0.2, 0) is 9.09 Å². The number of hydrogen-bond donors (Lipinski definition) is 1. The number of aliphatic hydroxyl groups is 1. The molecule has 0 amide bonds. The lowest BCUT2D eigenvalue weighted by atomic mass is 10.3. The van der Waals surface area contributed by atoms with Crippen LogP contribution in [0.3, 0.4) is 0 Å². The Kier molecular flexibility index (Phi) is 8.14. The van der Waals surface area contributed by atoms with E-state index < -0.39 is 13.9 Å². The first-order valence-electron chi connectivity index (χ1n) is 4.05. The van der Waals surface area contributed by atoms with Gasteiger partial charge in [-0.05, 0) is 11.0 Å². The molecular weight excluding hydrogens is 199 g/mol. The van der Waals surface area contributed by atoms with E-state index in [2.05, 4.69) is 6.92 Å².